The Morgan fingerprint density at radius 2 is 1.45 bits per heavy atom. The van der Waals surface area contributed by atoms with Gasteiger partial charge in [0.25, 0.3) is 11.8 Å². The Balaban J connectivity index is 1.88. The van der Waals surface area contributed by atoms with Gasteiger partial charge in [-0.15, -0.1) is 0 Å². The van der Waals surface area contributed by atoms with Crippen molar-refractivity contribution in [2.75, 3.05) is 31.5 Å². The molecule has 1 N–H and O–H groups in total. The third kappa shape index (κ3) is 4.01. The standard InChI is InChI=1S/C26H24N2O5/c1-16-8-7-9-18(14-16)28-25(29)23(17-12-13-21(32-3)22(15-17)33-4)24(26(28)30)27-19-10-5-6-11-20(19)31-2/h5-15,27H,1-4H3. The maximum atomic E-state index is 13.6. The molecule has 4 rings (SSSR count). The third-order valence-corrected chi connectivity index (χ3v) is 5.38. The minimum absolute atomic E-state index is 0.151. The number of nitrogens with one attached hydrogen (secondary N) is 1. The van der Waals surface area contributed by atoms with Crippen LogP contribution in [0.1, 0.15) is 11.1 Å². The van der Waals surface area contributed by atoms with Crippen molar-refractivity contribution >= 4 is 28.8 Å². The molecule has 0 aromatic heterocycles. The molecule has 0 unspecified atom stereocenters. The van der Waals surface area contributed by atoms with Crippen LogP contribution in [-0.4, -0.2) is 33.1 Å². The maximum Gasteiger partial charge on any atom is 0.282 e. The molecule has 0 aliphatic carbocycles. The molecule has 0 atom stereocenters. The molecule has 1 heterocycles. The van der Waals surface area contributed by atoms with E-state index in [2.05, 4.69) is 5.32 Å². The van der Waals surface area contributed by atoms with Crippen LogP contribution < -0.4 is 24.4 Å². The molecule has 0 saturated heterocycles. The molecular weight excluding hydrogens is 420 g/mol. The number of hydrogen-bond acceptors (Lipinski definition) is 6. The number of carbonyl (C=O) groups is 2. The molecule has 7 heteroatoms. The van der Waals surface area contributed by atoms with Gasteiger partial charge in [0.05, 0.1) is 38.3 Å². The monoisotopic (exact) mass is 444 g/mol. The lowest BCUT2D eigenvalue weighted by Crippen LogP contribution is -2.32. The summed E-state index contributed by atoms with van der Waals surface area (Å²) in [4.78, 5) is 28.4. The van der Waals surface area contributed by atoms with Gasteiger partial charge in [0.1, 0.15) is 11.4 Å². The number of hydrogen-bond donors (Lipinski definition) is 1. The first kappa shape index (κ1) is 22.0. The van der Waals surface area contributed by atoms with Crippen LogP contribution in [0.5, 0.6) is 17.2 Å². The summed E-state index contributed by atoms with van der Waals surface area (Å²) in [6.07, 6.45) is 0. The Morgan fingerprint density at radius 3 is 2.15 bits per heavy atom. The summed E-state index contributed by atoms with van der Waals surface area (Å²) in [6, 6.07) is 19.6. The molecule has 7 nitrogen and oxygen atoms in total. The highest BCUT2D eigenvalue weighted by atomic mass is 16.5. The average Bonchev–Trinajstić information content (AvgIpc) is 3.08. The van der Waals surface area contributed by atoms with E-state index < -0.39 is 11.8 Å². The number of methoxy groups -OCH3 is 3. The second kappa shape index (κ2) is 9.08. The number of imide groups is 1. The predicted molar refractivity (Wildman–Crippen MR) is 127 cm³/mol. The lowest BCUT2D eigenvalue weighted by Gasteiger charge is -2.16. The first-order valence-electron chi connectivity index (χ1n) is 10.3. The second-order valence-corrected chi connectivity index (χ2v) is 7.43. The highest BCUT2D eigenvalue weighted by Crippen LogP contribution is 2.38. The number of anilines is 2. The van der Waals surface area contributed by atoms with E-state index in [-0.39, 0.29) is 11.3 Å². The second-order valence-electron chi connectivity index (χ2n) is 7.43. The zero-order chi connectivity index (χ0) is 23.5. The first-order chi connectivity index (χ1) is 16.0. The number of aryl methyl sites for hydroxylation is 1. The van der Waals surface area contributed by atoms with Crippen LogP contribution in [0.15, 0.2) is 72.4 Å². The molecule has 3 aromatic rings. The molecule has 1 aliphatic rings. The summed E-state index contributed by atoms with van der Waals surface area (Å²) < 4.78 is 16.2. The van der Waals surface area contributed by atoms with Gasteiger partial charge in [0, 0.05) is 0 Å². The Hall–Kier alpha value is -4.26. The van der Waals surface area contributed by atoms with Crippen LogP contribution in [0.4, 0.5) is 11.4 Å². The van der Waals surface area contributed by atoms with E-state index >= 15 is 0 Å². The molecular formula is C26H24N2O5. The molecule has 3 aromatic carbocycles. The zero-order valence-electron chi connectivity index (χ0n) is 18.8. The molecule has 1 aliphatic heterocycles. The first-order valence-corrected chi connectivity index (χ1v) is 10.3. The average molecular weight is 444 g/mol. The summed E-state index contributed by atoms with van der Waals surface area (Å²) in [7, 11) is 4.60. The van der Waals surface area contributed by atoms with Crippen LogP contribution in [0.2, 0.25) is 0 Å². The fourth-order valence-corrected chi connectivity index (χ4v) is 3.79. The van der Waals surface area contributed by atoms with Gasteiger partial charge >= 0.3 is 0 Å². The minimum Gasteiger partial charge on any atom is -0.495 e. The van der Waals surface area contributed by atoms with Gasteiger partial charge in [-0.3, -0.25) is 9.59 Å². The smallest absolute Gasteiger partial charge is 0.282 e. The van der Waals surface area contributed by atoms with E-state index in [9.17, 15) is 9.59 Å². The highest BCUT2D eigenvalue weighted by molar-refractivity contribution is 6.46. The molecule has 168 valence electrons. The molecule has 0 fully saturated rings. The van der Waals surface area contributed by atoms with E-state index in [1.54, 1.807) is 49.6 Å². The number of nitrogens with zero attached hydrogens (tertiary/aromatic N) is 1. The van der Waals surface area contributed by atoms with Crippen molar-refractivity contribution in [2.24, 2.45) is 0 Å². The van der Waals surface area contributed by atoms with E-state index in [0.29, 0.717) is 34.2 Å². The lowest BCUT2D eigenvalue weighted by atomic mass is 10.0. The molecule has 2 amide bonds. The van der Waals surface area contributed by atoms with Crippen LogP contribution in [0.25, 0.3) is 5.57 Å². The topological polar surface area (TPSA) is 77.1 Å². The van der Waals surface area contributed by atoms with Gasteiger partial charge in [0.15, 0.2) is 11.5 Å². The van der Waals surface area contributed by atoms with Gasteiger partial charge < -0.3 is 19.5 Å². The van der Waals surface area contributed by atoms with Gasteiger partial charge in [-0.05, 0) is 54.4 Å². The van der Waals surface area contributed by atoms with Crippen molar-refractivity contribution in [1.29, 1.82) is 0 Å². The van der Waals surface area contributed by atoms with Crippen molar-refractivity contribution in [3.05, 3.63) is 83.6 Å². The van der Waals surface area contributed by atoms with Gasteiger partial charge in [0.2, 0.25) is 0 Å². The van der Waals surface area contributed by atoms with Crippen LogP contribution in [-0.2, 0) is 9.59 Å². The Morgan fingerprint density at radius 1 is 0.727 bits per heavy atom. The quantitative estimate of drug-likeness (QED) is 0.544. The van der Waals surface area contributed by atoms with Crippen molar-refractivity contribution in [2.45, 2.75) is 6.92 Å². The number of amides is 2. The van der Waals surface area contributed by atoms with Crippen LogP contribution in [0, 0.1) is 6.92 Å². The summed E-state index contributed by atoms with van der Waals surface area (Å²) in [5, 5.41) is 3.14. The largest absolute Gasteiger partial charge is 0.495 e. The normalized spacial score (nSPS) is 13.4. The van der Waals surface area contributed by atoms with Crippen LogP contribution in [0.3, 0.4) is 0 Å². The SMILES string of the molecule is COc1ccccc1NC1=C(c2ccc(OC)c(OC)c2)C(=O)N(c2cccc(C)c2)C1=O. The molecule has 0 saturated carbocycles. The molecule has 0 bridgehead atoms. The highest BCUT2D eigenvalue weighted by Gasteiger charge is 2.40. The van der Waals surface area contributed by atoms with Crippen molar-refractivity contribution in [3.63, 3.8) is 0 Å². The number of benzene rings is 3. The van der Waals surface area contributed by atoms with Crippen molar-refractivity contribution in [1.82, 2.24) is 0 Å². The van der Waals surface area contributed by atoms with Gasteiger partial charge in [-0.1, -0.05) is 30.3 Å². The Bertz CT molecular complexity index is 1270. The number of ether oxygens (including phenoxy) is 3. The maximum absolute atomic E-state index is 13.6. The minimum atomic E-state index is -0.457. The van der Waals surface area contributed by atoms with E-state index in [0.717, 1.165) is 5.56 Å². The number of rotatable bonds is 7. The molecule has 0 radical (unpaired) electrons. The van der Waals surface area contributed by atoms with E-state index in [1.807, 2.05) is 31.2 Å². The number of carbonyl (C=O) groups excluding carboxylic acids is 2. The van der Waals surface area contributed by atoms with Gasteiger partial charge in [-0.2, -0.15) is 0 Å². The Labute approximate surface area is 192 Å². The van der Waals surface area contributed by atoms with Crippen LogP contribution >= 0.6 is 0 Å². The predicted octanol–water partition coefficient (Wildman–Crippen LogP) is 4.42. The zero-order valence-corrected chi connectivity index (χ0v) is 18.8. The summed E-state index contributed by atoms with van der Waals surface area (Å²) in [6.45, 7) is 1.91. The van der Waals surface area contributed by atoms with Crippen molar-refractivity contribution in [3.8, 4) is 17.2 Å². The fraction of sp³-hybridized carbons (Fsp3) is 0.154. The summed E-state index contributed by atoms with van der Waals surface area (Å²) >= 11 is 0. The van der Waals surface area contributed by atoms with E-state index in [4.69, 9.17) is 14.2 Å². The molecule has 33 heavy (non-hydrogen) atoms. The molecule has 0 spiro atoms. The number of para-hydroxylation sites is 2. The van der Waals surface area contributed by atoms with Crippen molar-refractivity contribution < 1.29 is 23.8 Å². The Kier molecular flexibility index (Phi) is 6.04. The lowest BCUT2D eigenvalue weighted by molar-refractivity contribution is -0.120. The third-order valence-electron chi connectivity index (χ3n) is 5.38. The summed E-state index contributed by atoms with van der Waals surface area (Å²) in [5.74, 6) is 0.629. The summed E-state index contributed by atoms with van der Waals surface area (Å²) in [5.41, 5.74) is 2.91. The fourth-order valence-electron chi connectivity index (χ4n) is 3.79. The van der Waals surface area contributed by atoms with Gasteiger partial charge in [-0.25, -0.2) is 4.90 Å². The van der Waals surface area contributed by atoms with E-state index in [1.165, 1.54) is 19.1 Å².